The monoisotopic (exact) mass is 401 g/mol. The maximum absolute atomic E-state index is 12.8. The Bertz CT molecular complexity index is 1130. The molecule has 0 saturated carbocycles. The molecule has 0 aliphatic heterocycles. The van der Waals surface area contributed by atoms with Crippen LogP contribution >= 0.6 is 11.8 Å². The van der Waals surface area contributed by atoms with Crippen LogP contribution in [0.1, 0.15) is 16.7 Å². The molecule has 1 heterocycles. The summed E-state index contributed by atoms with van der Waals surface area (Å²) in [5.41, 5.74) is 6.20. The molecule has 0 spiro atoms. The molecular formula is C24H23N3OS. The fraction of sp³-hybridized carbons (Fsp3) is 0.167. The smallest absolute Gasteiger partial charge is 0.244 e. The molecule has 3 aromatic carbocycles. The van der Waals surface area contributed by atoms with Gasteiger partial charge >= 0.3 is 0 Å². The number of amides is 1. The molecule has 4 nitrogen and oxygen atoms in total. The topological polar surface area (TPSA) is 46.9 Å². The van der Waals surface area contributed by atoms with Crippen molar-refractivity contribution in [2.75, 3.05) is 5.32 Å². The van der Waals surface area contributed by atoms with E-state index in [2.05, 4.69) is 23.5 Å². The first-order chi connectivity index (χ1) is 14.1. The van der Waals surface area contributed by atoms with Crippen molar-refractivity contribution in [2.24, 2.45) is 0 Å². The summed E-state index contributed by atoms with van der Waals surface area (Å²) < 4.78 is 2.00. The molecule has 1 amide bonds. The van der Waals surface area contributed by atoms with E-state index in [0.29, 0.717) is 0 Å². The lowest BCUT2D eigenvalue weighted by molar-refractivity contribution is -0.116. The second-order valence-electron chi connectivity index (χ2n) is 7.17. The average Bonchev–Trinajstić information content (AvgIpc) is 3.04. The van der Waals surface area contributed by atoms with Crippen molar-refractivity contribution in [1.82, 2.24) is 9.55 Å². The molecule has 4 aromatic rings. The number of hydrogen-bond donors (Lipinski definition) is 1. The van der Waals surface area contributed by atoms with Gasteiger partial charge in [0.2, 0.25) is 5.91 Å². The summed E-state index contributed by atoms with van der Waals surface area (Å²) in [6.45, 7) is 4.29. The number of thioether (sulfide) groups is 1. The van der Waals surface area contributed by atoms with Crippen molar-refractivity contribution in [1.29, 1.82) is 0 Å². The van der Waals surface area contributed by atoms with Gasteiger partial charge in [-0.1, -0.05) is 60.3 Å². The number of carbonyl (C=O) groups excluding carboxylic acids is 1. The predicted octanol–water partition coefficient (Wildman–Crippen LogP) is 5.58. The van der Waals surface area contributed by atoms with Gasteiger partial charge in [-0.15, -0.1) is 0 Å². The van der Waals surface area contributed by atoms with Crippen LogP contribution < -0.4 is 5.32 Å². The van der Waals surface area contributed by atoms with Gasteiger partial charge in [-0.3, -0.25) is 4.79 Å². The Morgan fingerprint density at radius 2 is 1.66 bits per heavy atom. The Hall–Kier alpha value is -3.05. The van der Waals surface area contributed by atoms with Crippen molar-refractivity contribution in [3.05, 3.63) is 89.5 Å². The number of anilines is 1. The molecule has 0 saturated heterocycles. The lowest BCUT2D eigenvalue weighted by atomic mass is 10.1. The van der Waals surface area contributed by atoms with Crippen LogP contribution in [0.4, 0.5) is 5.69 Å². The Labute approximate surface area is 175 Å². The molecule has 0 bridgehead atoms. The number of aryl methyl sites for hydroxylation is 2. The number of imidazole rings is 1. The predicted molar refractivity (Wildman–Crippen MR) is 120 cm³/mol. The standard InChI is InChI=1S/C24H23N3OS/c1-17-12-18(2)14-20(13-17)25-23(28)15-27-22-11-7-6-10-21(22)26-24(27)29-16-19-8-4-3-5-9-19/h3-14H,15-16H2,1-2H3,(H,25,28). The number of nitrogens with one attached hydrogen (secondary N) is 1. The maximum atomic E-state index is 12.8. The minimum atomic E-state index is -0.0558. The molecule has 0 fully saturated rings. The zero-order valence-electron chi connectivity index (χ0n) is 16.6. The van der Waals surface area contributed by atoms with E-state index >= 15 is 0 Å². The molecule has 146 valence electrons. The minimum Gasteiger partial charge on any atom is -0.325 e. The van der Waals surface area contributed by atoms with Crippen LogP contribution in [0.5, 0.6) is 0 Å². The molecule has 0 aliphatic carbocycles. The number of para-hydroxylation sites is 2. The van der Waals surface area contributed by atoms with Crippen LogP contribution in [-0.4, -0.2) is 15.5 Å². The lowest BCUT2D eigenvalue weighted by Crippen LogP contribution is -2.19. The largest absolute Gasteiger partial charge is 0.325 e. The van der Waals surface area contributed by atoms with Gasteiger partial charge < -0.3 is 9.88 Å². The molecule has 0 aliphatic rings. The molecule has 0 atom stereocenters. The normalized spacial score (nSPS) is 11.0. The summed E-state index contributed by atoms with van der Waals surface area (Å²) in [5, 5.41) is 3.88. The van der Waals surface area contributed by atoms with Gasteiger partial charge in [0, 0.05) is 11.4 Å². The fourth-order valence-corrected chi connectivity index (χ4v) is 4.40. The summed E-state index contributed by atoms with van der Waals surface area (Å²) in [7, 11) is 0. The third-order valence-corrected chi connectivity index (χ3v) is 5.68. The fourth-order valence-electron chi connectivity index (χ4n) is 3.43. The minimum absolute atomic E-state index is 0.0558. The highest BCUT2D eigenvalue weighted by molar-refractivity contribution is 7.98. The first-order valence-electron chi connectivity index (χ1n) is 9.58. The van der Waals surface area contributed by atoms with Crippen LogP contribution in [0.15, 0.2) is 78.0 Å². The first kappa shape index (κ1) is 19.3. The van der Waals surface area contributed by atoms with Crippen LogP contribution in [0.3, 0.4) is 0 Å². The second kappa shape index (κ2) is 8.53. The zero-order chi connectivity index (χ0) is 20.2. The summed E-state index contributed by atoms with van der Waals surface area (Å²) in [6, 6.07) is 24.3. The molecular weight excluding hydrogens is 378 g/mol. The van der Waals surface area contributed by atoms with Gasteiger partial charge in [0.15, 0.2) is 5.16 Å². The van der Waals surface area contributed by atoms with E-state index in [1.54, 1.807) is 11.8 Å². The van der Waals surface area contributed by atoms with E-state index in [1.165, 1.54) is 5.56 Å². The molecule has 29 heavy (non-hydrogen) atoms. The van der Waals surface area contributed by atoms with Gasteiger partial charge in [-0.05, 0) is 54.8 Å². The summed E-state index contributed by atoms with van der Waals surface area (Å²) in [6.07, 6.45) is 0. The van der Waals surface area contributed by atoms with E-state index in [-0.39, 0.29) is 12.5 Å². The number of carbonyl (C=O) groups is 1. The summed E-state index contributed by atoms with van der Waals surface area (Å²) in [4.78, 5) is 17.6. The molecule has 0 unspecified atom stereocenters. The highest BCUT2D eigenvalue weighted by atomic mass is 32.2. The molecule has 1 N–H and O–H groups in total. The van der Waals surface area contributed by atoms with Gasteiger partial charge in [0.1, 0.15) is 6.54 Å². The quantitative estimate of drug-likeness (QED) is 0.429. The Morgan fingerprint density at radius 3 is 2.41 bits per heavy atom. The van der Waals surface area contributed by atoms with E-state index < -0.39 is 0 Å². The zero-order valence-corrected chi connectivity index (χ0v) is 17.4. The maximum Gasteiger partial charge on any atom is 0.244 e. The summed E-state index contributed by atoms with van der Waals surface area (Å²) in [5.74, 6) is 0.753. The Morgan fingerprint density at radius 1 is 0.966 bits per heavy atom. The van der Waals surface area contributed by atoms with Crippen LogP contribution in [0.25, 0.3) is 11.0 Å². The number of rotatable bonds is 6. The SMILES string of the molecule is Cc1cc(C)cc(NC(=O)Cn2c(SCc3ccccc3)nc3ccccc32)c1. The third kappa shape index (κ3) is 4.69. The highest BCUT2D eigenvalue weighted by Crippen LogP contribution is 2.27. The third-order valence-electron chi connectivity index (χ3n) is 4.64. The highest BCUT2D eigenvalue weighted by Gasteiger charge is 2.14. The van der Waals surface area contributed by atoms with Crippen molar-refractivity contribution in [3.8, 4) is 0 Å². The van der Waals surface area contributed by atoms with Gasteiger partial charge in [-0.2, -0.15) is 0 Å². The number of benzene rings is 3. The lowest BCUT2D eigenvalue weighted by Gasteiger charge is -2.11. The number of aromatic nitrogens is 2. The van der Waals surface area contributed by atoms with Crippen molar-refractivity contribution in [2.45, 2.75) is 31.3 Å². The Balaban J connectivity index is 1.57. The first-order valence-corrected chi connectivity index (χ1v) is 10.6. The van der Waals surface area contributed by atoms with Crippen LogP contribution in [-0.2, 0) is 17.1 Å². The van der Waals surface area contributed by atoms with Gasteiger partial charge in [0.05, 0.1) is 11.0 Å². The number of nitrogens with zero attached hydrogens (tertiary/aromatic N) is 2. The van der Waals surface area contributed by atoms with Crippen molar-refractivity contribution < 1.29 is 4.79 Å². The van der Waals surface area contributed by atoms with E-state index in [4.69, 9.17) is 4.98 Å². The molecule has 0 radical (unpaired) electrons. The molecule has 5 heteroatoms. The molecule has 1 aromatic heterocycles. The summed E-state index contributed by atoms with van der Waals surface area (Å²) >= 11 is 1.65. The number of hydrogen-bond acceptors (Lipinski definition) is 3. The van der Waals surface area contributed by atoms with Gasteiger partial charge in [-0.25, -0.2) is 4.98 Å². The van der Waals surface area contributed by atoms with E-state index in [1.807, 2.05) is 73.0 Å². The number of fused-ring (bicyclic) bond motifs is 1. The Kier molecular flexibility index (Phi) is 5.67. The average molecular weight is 402 g/mol. The van der Waals surface area contributed by atoms with Crippen molar-refractivity contribution in [3.63, 3.8) is 0 Å². The second-order valence-corrected chi connectivity index (χ2v) is 8.11. The van der Waals surface area contributed by atoms with Crippen molar-refractivity contribution >= 4 is 34.4 Å². The van der Waals surface area contributed by atoms with Crippen LogP contribution in [0, 0.1) is 13.8 Å². The molecule has 4 rings (SSSR count). The van der Waals surface area contributed by atoms with Crippen LogP contribution in [0.2, 0.25) is 0 Å². The van der Waals surface area contributed by atoms with E-state index in [0.717, 1.165) is 38.8 Å². The van der Waals surface area contributed by atoms with Gasteiger partial charge in [0.25, 0.3) is 0 Å². The van der Waals surface area contributed by atoms with E-state index in [9.17, 15) is 4.79 Å².